The van der Waals surface area contributed by atoms with Crippen molar-refractivity contribution in [1.29, 1.82) is 0 Å². The van der Waals surface area contributed by atoms with E-state index in [1.54, 1.807) is 12.1 Å². The van der Waals surface area contributed by atoms with Crippen molar-refractivity contribution in [3.05, 3.63) is 59.9 Å². The summed E-state index contributed by atoms with van der Waals surface area (Å²) in [5, 5.41) is 6.68. The second-order valence-electron chi connectivity index (χ2n) is 6.12. The normalized spacial score (nSPS) is 15.0. The Morgan fingerprint density at radius 2 is 1.42 bits per heavy atom. The molecule has 0 saturated carbocycles. The zero-order valence-electron chi connectivity index (χ0n) is 13.6. The van der Waals surface area contributed by atoms with Crippen LogP contribution in [0.2, 0.25) is 0 Å². The van der Waals surface area contributed by atoms with Crippen LogP contribution in [-0.2, 0) is 6.54 Å². The minimum Gasteiger partial charge on any atom is -0.332 e. The molecule has 2 aromatic carbocycles. The van der Waals surface area contributed by atoms with E-state index in [9.17, 15) is 4.39 Å². The van der Waals surface area contributed by atoms with Gasteiger partial charge in [0.1, 0.15) is 5.82 Å². The second kappa shape index (κ2) is 8.22. The van der Waals surface area contributed by atoms with E-state index in [-0.39, 0.29) is 5.82 Å². The van der Waals surface area contributed by atoms with Gasteiger partial charge in [0.2, 0.25) is 0 Å². The number of hydrogen-bond donors (Lipinski definition) is 2. The van der Waals surface area contributed by atoms with Gasteiger partial charge in [0.15, 0.2) is 5.11 Å². The van der Waals surface area contributed by atoms with Gasteiger partial charge in [0.05, 0.1) is 0 Å². The first-order valence-electron chi connectivity index (χ1n) is 8.34. The molecule has 1 aliphatic rings. The van der Waals surface area contributed by atoms with Crippen molar-refractivity contribution < 1.29 is 4.39 Å². The van der Waals surface area contributed by atoms with Gasteiger partial charge in [-0.25, -0.2) is 4.39 Å². The van der Waals surface area contributed by atoms with Gasteiger partial charge < -0.3 is 10.6 Å². The van der Waals surface area contributed by atoms with Gasteiger partial charge in [-0.3, -0.25) is 4.90 Å². The van der Waals surface area contributed by atoms with Crippen molar-refractivity contribution in [2.45, 2.75) is 25.8 Å². The van der Waals surface area contributed by atoms with Crippen LogP contribution in [0.1, 0.15) is 24.8 Å². The molecule has 0 aliphatic carbocycles. The highest BCUT2D eigenvalue weighted by Gasteiger charge is 2.10. The van der Waals surface area contributed by atoms with Crippen LogP contribution in [0.4, 0.5) is 15.8 Å². The van der Waals surface area contributed by atoms with Crippen molar-refractivity contribution >= 4 is 28.7 Å². The second-order valence-corrected chi connectivity index (χ2v) is 6.53. The van der Waals surface area contributed by atoms with Crippen molar-refractivity contribution in [3.8, 4) is 0 Å². The Hall–Kier alpha value is -1.98. The van der Waals surface area contributed by atoms with Crippen LogP contribution < -0.4 is 10.6 Å². The number of nitrogens with one attached hydrogen (secondary N) is 2. The monoisotopic (exact) mass is 343 g/mol. The lowest BCUT2D eigenvalue weighted by atomic mass is 10.1. The smallest absolute Gasteiger partial charge is 0.175 e. The maximum Gasteiger partial charge on any atom is 0.175 e. The number of likely N-dealkylation sites (tertiary alicyclic amines) is 1. The third kappa shape index (κ3) is 5.01. The predicted octanol–water partition coefficient (Wildman–Crippen LogP) is 4.62. The Kier molecular flexibility index (Phi) is 5.77. The summed E-state index contributed by atoms with van der Waals surface area (Å²) >= 11 is 5.29. The molecule has 0 unspecified atom stereocenters. The first-order valence-corrected chi connectivity index (χ1v) is 8.75. The molecule has 2 aromatic rings. The average Bonchev–Trinajstić information content (AvgIpc) is 2.60. The number of anilines is 2. The molecule has 5 heteroatoms. The number of piperidine rings is 1. The highest BCUT2D eigenvalue weighted by atomic mass is 32.1. The summed E-state index contributed by atoms with van der Waals surface area (Å²) in [5.74, 6) is -0.260. The lowest BCUT2D eigenvalue weighted by molar-refractivity contribution is 0.221. The molecule has 0 aromatic heterocycles. The number of nitrogens with zero attached hydrogens (tertiary/aromatic N) is 1. The fourth-order valence-corrected chi connectivity index (χ4v) is 3.13. The molecule has 0 spiro atoms. The number of hydrogen-bond acceptors (Lipinski definition) is 2. The molecule has 0 bridgehead atoms. The molecule has 3 nitrogen and oxygen atoms in total. The minimum absolute atomic E-state index is 0.260. The summed E-state index contributed by atoms with van der Waals surface area (Å²) in [5.41, 5.74) is 3.02. The summed E-state index contributed by atoms with van der Waals surface area (Å²) < 4.78 is 12.9. The third-order valence-corrected chi connectivity index (χ3v) is 4.37. The topological polar surface area (TPSA) is 27.3 Å². The Morgan fingerprint density at radius 3 is 2.00 bits per heavy atom. The first kappa shape index (κ1) is 16.9. The molecule has 1 aliphatic heterocycles. The molecule has 1 saturated heterocycles. The summed E-state index contributed by atoms with van der Waals surface area (Å²) in [6.07, 6.45) is 3.98. The average molecular weight is 343 g/mol. The van der Waals surface area contributed by atoms with Crippen LogP contribution in [0.25, 0.3) is 0 Å². The molecule has 2 N–H and O–H groups in total. The molecule has 126 valence electrons. The molecule has 3 rings (SSSR count). The van der Waals surface area contributed by atoms with Gasteiger partial charge in [-0.05, 0) is 80.1 Å². The van der Waals surface area contributed by atoms with Crippen LogP contribution in [0.5, 0.6) is 0 Å². The Bertz CT molecular complexity index is 664. The minimum atomic E-state index is -0.260. The maximum absolute atomic E-state index is 12.9. The largest absolute Gasteiger partial charge is 0.332 e. The van der Waals surface area contributed by atoms with E-state index in [1.165, 1.54) is 50.0 Å². The van der Waals surface area contributed by atoms with E-state index in [1.807, 2.05) is 12.1 Å². The van der Waals surface area contributed by atoms with E-state index in [2.05, 4.69) is 27.7 Å². The van der Waals surface area contributed by atoms with Crippen molar-refractivity contribution in [1.82, 2.24) is 4.90 Å². The predicted molar refractivity (Wildman–Crippen MR) is 102 cm³/mol. The molecule has 0 amide bonds. The molecule has 0 radical (unpaired) electrons. The first-order chi connectivity index (χ1) is 11.7. The van der Waals surface area contributed by atoms with Crippen LogP contribution in [0.15, 0.2) is 48.5 Å². The highest BCUT2D eigenvalue weighted by molar-refractivity contribution is 7.80. The van der Waals surface area contributed by atoms with Gasteiger partial charge in [0.25, 0.3) is 0 Å². The molecular weight excluding hydrogens is 321 g/mol. The van der Waals surface area contributed by atoms with E-state index in [4.69, 9.17) is 12.2 Å². The Labute approximate surface area is 147 Å². The fraction of sp³-hybridized carbons (Fsp3) is 0.316. The molecule has 1 fully saturated rings. The number of thiocarbonyl (C=S) groups is 1. The lowest BCUT2D eigenvalue weighted by Gasteiger charge is -2.26. The summed E-state index contributed by atoms with van der Waals surface area (Å²) in [7, 11) is 0. The quantitative estimate of drug-likeness (QED) is 0.792. The van der Waals surface area contributed by atoms with E-state index in [0.29, 0.717) is 5.11 Å². The van der Waals surface area contributed by atoms with Gasteiger partial charge in [0, 0.05) is 17.9 Å². The van der Waals surface area contributed by atoms with Gasteiger partial charge in [-0.2, -0.15) is 0 Å². The molecule has 0 atom stereocenters. The number of rotatable bonds is 4. The lowest BCUT2D eigenvalue weighted by Crippen LogP contribution is -2.29. The fourth-order valence-electron chi connectivity index (χ4n) is 2.90. The molecule has 24 heavy (non-hydrogen) atoms. The van der Waals surface area contributed by atoms with E-state index < -0.39 is 0 Å². The zero-order chi connectivity index (χ0) is 16.8. The van der Waals surface area contributed by atoms with E-state index in [0.717, 1.165) is 17.9 Å². The Balaban J connectivity index is 1.51. The standard InChI is InChI=1S/C19H22FN3S/c20-16-6-10-18(11-7-16)22-19(24)21-17-8-4-15(5-9-17)14-23-12-2-1-3-13-23/h4-11H,1-3,12-14H2,(H2,21,22,24). The van der Waals surface area contributed by atoms with Gasteiger partial charge in [-0.15, -0.1) is 0 Å². The SMILES string of the molecule is Fc1ccc(NC(=S)Nc2ccc(CN3CCCCC3)cc2)cc1. The van der Waals surface area contributed by atoms with Gasteiger partial charge in [-0.1, -0.05) is 18.6 Å². The van der Waals surface area contributed by atoms with Crippen LogP contribution in [-0.4, -0.2) is 23.1 Å². The summed E-state index contributed by atoms with van der Waals surface area (Å²) in [4.78, 5) is 2.51. The van der Waals surface area contributed by atoms with Crippen molar-refractivity contribution in [3.63, 3.8) is 0 Å². The molecule has 1 heterocycles. The van der Waals surface area contributed by atoms with Crippen LogP contribution >= 0.6 is 12.2 Å². The number of halogens is 1. The third-order valence-electron chi connectivity index (χ3n) is 4.17. The van der Waals surface area contributed by atoms with E-state index >= 15 is 0 Å². The summed E-state index contributed by atoms with van der Waals surface area (Å²) in [6.45, 7) is 3.41. The molecular formula is C19H22FN3S. The van der Waals surface area contributed by atoms with Gasteiger partial charge >= 0.3 is 0 Å². The zero-order valence-corrected chi connectivity index (χ0v) is 14.4. The Morgan fingerprint density at radius 1 is 0.875 bits per heavy atom. The summed E-state index contributed by atoms with van der Waals surface area (Å²) in [6, 6.07) is 14.5. The van der Waals surface area contributed by atoms with Crippen molar-refractivity contribution in [2.75, 3.05) is 23.7 Å². The maximum atomic E-state index is 12.9. The van der Waals surface area contributed by atoms with Crippen molar-refractivity contribution in [2.24, 2.45) is 0 Å². The number of benzene rings is 2. The highest BCUT2D eigenvalue weighted by Crippen LogP contribution is 2.16. The van der Waals surface area contributed by atoms with Crippen LogP contribution in [0, 0.1) is 5.82 Å². The van der Waals surface area contributed by atoms with Crippen LogP contribution in [0.3, 0.4) is 0 Å².